The molecule has 2 nitrogen and oxygen atoms in total. The fourth-order valence-electron chi connectivity index (χ4n) is 1.33. The second-order valence-corrected chi connectivity index (χ2v) is 4.76. The highest BCUT2D eigenvalue weighted by Gasteiger charge is 2.06. The van der Waals surface area contributed by atoms with Gasteiger partial charge < -0.3 is 4.42 Å². The first kappa shape index (κ1) is 9.93. The van der Waals surface area contributed by atoms with Crippen LogP contribution in [0.5, 0.6) is 0 Å². The normalized spacial score (nSPS) is 10.8. The second kappa shape index (κ2) is 3.51. The molecule has 4 heteroatoms. The lowest BCUT2D eigenvalue weighted by atomic mass is 10.2. The summed E-state index contributed by atoms with van der Waals surface area (Å²) in [5, 5.41) is 1.46. The van der Waals surface area contributed by atoms with Gasteiger partial charge in [0.15, 0.2) is 0 Å². The highest BCUT2D eigenvalue weighted by Crippen LogP contribution is 2.27. The van der Waals surface area contributed by atoms with E-state index in [2.05, 4.69) is 31.9 Å². The molecule has 2 aromatic rings. The predicted octanol–water partition coefficient (Wildman–Crippen LogP) is 3.63. The largest absolute Gasteiger partial charge is 0.428 e. The minimum absolute atomic E-state index is 0.304. The molecule has 0 radical (unpaired) electrons. The Labute approximate surface area is 97.2 Å². The lowest BCUT2D eigenvalue weighted by Gasteiger charge is -2.01. The van der Waals surface area contributed by atoms with Gasteiger partial charge in [0.2, 0.25) is 0 Å². The van der Waals surface area contributed by atoms with Crippen molar-refractivity contribution in [2.45, 2.75) is 6.92 Å². The molecule has 1 aromatic carbocycles. The van der Waals surface area contributed by atoms with Gasteiger partial charge in [0.05, 0.1) is 5.39 Å². The van der Waals surface area contributed by atoms with Crippen LogP contribution in [-0.4, -0.2) is 0 Å². The van der Waals surface area contributed by atoms with Gasteiger partial charge in [-0.3, -0.25) is 0 Å². The van der Waals surface area contributed by atoms with E-state index in [0.717, 1.165) is 14.3 Å². The van der Waals surface area contributed by atoms with E-state index in [1.165, 1.54) is 0 Å². The Kier molecular flexibility index (Phi) is 2.49. The summed E-state index contributed by atoms with van der Waals surface area (Å²) >= 11 is 6.73. The Balaban J connectivity index is 3.02. The van der Waals surface area contributed by atoms with E-state index in [4.69, 9.17) is 4.42 Å². The second-order valence-electron chi connectivity index (χ2n) is 2.99. The van der Waals surface area contributed by atoms with Crippen molar-refractivity contribution in [1.29, 1.82) is 0 Å². The van der Waals surface area contributed by atoms with E-state index in [1.54, 1.807) is 13.0 Å². The van der Waals surface area contributed by atoms with Crippen LogP contribution in [0.3, 0.4) is 0 Å². The molecule has 0 saturated heterocycles. The number of fused-ring (bicyclic) bond motifs is 1. The molecular weight excluding hydrogens is 312 g/mol. The summed E-state index contributed by atoms with van der Waals surface area (Å²) in [6.45, 7) is 1.76. The van der Waals surface area contributed by atoms with Crippen LogP contribution >= 0.6 is 31.9 Å². The minimum atomic E-state index is -0.304. The van der Waals surface area contributed by atoms with Crippen LogP contribution in [0.4, 0.5) is 0 Å². The quantitative estimate of drug-likeness (QED) is 0.742. The van der Waals surface area contributed by atoms with Crippen molar-refractivity contribution in [1.82, 2.24) is 0 Å². The Hall–Kier alpha value is -0.610. The van der Waals surface area contributed by atoms with Gasteiger partial charge in [0, 0.05) is 14.3 Å². The molecule has 0 bridgehead atoms. The van der Waals surface area contributed by atoms with Gasteiger partial charge >= 0.3 is 5.63 Å². The van der Waals surface area contributed by atoms with Gasteiger partial charge in [0.1, 0.15) is 5.76 Å². The van der Waals surface area contributed by atoms with Crippen LogP contribution < -0.4 is 5.63 Å². The Bertz CT molecular complexity index is 558. The molecule has 14 heavy (non-hydrogen) atoms. The smallest absolute Gasteiger partial charge is 0.343 e. The van der Waals surface area contributed by atoms with Crippen LogP contribution in [0.25, 0.3) is 10.8 Å². The average Bonchev–Trinajstić information content (AvgIpc) is 2.07. The SMILES string of the molecule is Cc1cc2c(Br)cc(Br)cc2c(=O)o1. The number of halogens is 2. The zero-order valence-corrected chi connectivity index (χ0v) is 10.5. The summed E-state index contributed by atoms with van der Waals surface area (Å²) in [5.41, 5.74) is -0.304. The Morgan fingerprint density at radius 1 is 1.14 bits per heavy atom. The monoisotopic (exact) mass is 316 g/mol. The third-order valence-corrected chi connectivity index (χ3v) is 3.03. The molecule has 0 fully saturated rings. The molecule has 0 unspecified atom stereocenters. The van der Waals surface area contributed by atoms with Crippen molar-refractivity contribution in [2.24, 2.45) is 0 Å². The summed E-state index contributed by atoms with van der Waals surface area (Å²) < 4.78 is 6.74. The van der Waals surface area contributed by atoms with Gasteiger partial charge in [-0.25, -0.2) is 4.79 Å². The highest BCUT2D eigenvalue weighted by molar-refractivity contribution is 9.11. The maximum atomic E-state index is 11.5. The topological polar surface area (TPSA) is 30.2 Å². The molecule has 0 aliphatic heterocycles. The molecule has 1 heterocycles. The molecule has 0 spiro atoms. The molecule has 0 amide bonds. The van der Waals surface area contributed by atoms with Gasteiger partial charge in [0.25, 0.3) is 0 Å². The van der Waals surface area contributed by atoms with E-state index in [1.807, 2.05) is 12.1 Å². The number of hydrogen-bond donors (Lipinski definition) is 0. The zero-order valence-electron chi connectivity index (χ0n) is 7.30. The van der Waals surface area contributed by atoms with E-state index >= 15 is 0 Å². The standard InChI is InChI=1S/C10H6Br2O2/c1-5-2-7-8(10(13)14-5)3-6(11)4-9(7)12/h2-4H,1H3. The first-order valence-electron chi connectivity index (χ1n) is 3.97. The summed E-state index contributed by atoms with van der Waals surface area (Å²) in [5.74, 6) is 0.616. The van der Waals surface area contributed by atoms with Crippen molar-refractivity contribution < 1.29 is 4.42 Å². The van der Waals surface area contributed by atoms with Crippen molar-refractivity contribution >= 4 is 42.6 Å². The van der Waals surface area contributed by atoms with E-state index in [9.17, 15) is 4.79 Å². The predicted molar refractivity (Wildman–Crippen MR) is 62.6 cm³/mol. The first-order valence-corrected chi connectivity index (χ1v) is 5.56. The number of aryl methyl sites for hydroxylation is 1. The van der Waals surface area contributed by atoms with Gasteiger partial charge in [-0.1, -0.05) is 31.9 Å². The van der Waals surface area contributed by atoms with E-state index < -0.39 is 0 Å². The lowest BCUT2D eigenvalue weighted by molar-refractivity contribution is 0.488. The molecule has 0 aliphatic rings. The first-order chi connectivity index (χ1) is 6.58. The van der Waals surface area contributed by atoms with E-state index in [-0.39, 0.29) is 5.63 Å². The molecule has 2 rings (SSSR count). The van der Waals surface area contributed by atoms with Gasteiger partial charge in [-0.05, 0) is 25.1 Å². The van der Waals surface area contributed by atoms with Crippen LogP contribution in [0.2, 0.25) is 0 Å². The third kappa shape index (κ3) is 1.64. The average molecular weight is 318 g/mol. The fraction of sp³-hybridized carbons (Fsp3) is 0.100. The maximum absolute atomic E-state index is 11.5. The molecule has 1 aromatic heterocycles. The van der Waals surface area contributed by atoms with Crippen LogP contribution in [-0.2, 0) is 0 Å². The zero-order chi connectivity index (χ0) is 10.3. The van der Waals surface area contributed by atoms with Gasteiger partial charge in [-0.2, -0.15) is 0 Å². The minimum Gasteiger partial charge on any atom is -0.428 e. The summed E-state index contributed by atoms with van der Waals surface area (Å²) in [6.07, 6.45) is 0. The Morgan fingerprint density at radius 3 is 2.57 bits per heavy atom. The fourth-order valence-corrected chi connectivity index (χ4v) is 2.67. The van der Waals surface area contributed by atoms with Crippen molar-refractivity contribution in [3.63, 3.8) is 0 Å². The van der Waals surface area contributed by atoms with Crippen LogP contribution in [0.1, 0.15) is 5.76 Å². The molecule has 72 valence electrons. The number of hydrogen-bond acceptors (Lipinski definition) is 2. The van der Waals surface area contributed by atoms with Crippen molar-refractivity contribution in [2.75, 3.05) is 0 Å². The maximum Gasteiger partial charge on any atom is 0.343 e. The third-order valence-electron chi connectivity index (χ3n) is 1.92. The molecular formula is C10H6Br2O2. The number of rotatable bonds is 0. The summed E-state index contributed by atoms with van der Waals surface area (Å²) in [6, 6.07) is 5.50. The van der Waals surface area contributed by atoms with E-state index in [0.29, 0.717) is 11.1 Å². The van der Waals surface area contributed by atoms with Crippen molar-refractivity contribution in [3.05, 3.63) is 43.3 Å². The van der Waals surface area contributed by atoms with Crippen LogP contribution in [0.15, 0.2) is 36.4 Å². The Morgan fingerprint density at radius 2 is 1.86 bits per heavy atom. The van der Waals surface area contributed by atoms with Gasteiger partial charge in [-0.15, -0.1) is 0 Å². The van der Waals surface area contributed by atoms with Crippen LogP contribution in [0, 0.1) is 6.92 Å². The molecule has 0 N–H and O–H groups in total. The molecule has 0 atom stereocenters. The van der Waals surface area contributed by atoms with Crippen molar-refractivity contribution in [3.8, 4) is 0 Å². The summed E-state index contributed by atoms with van der Waals surface area (Å²) in [7, 11) is 0. The molecule has 0 aliphatic carbocycles. The number of benzene rings is 1. The summed E-state index contributed by atoms with van der Waals surface area (Å²) in [4.78, 5) is 11.5. The lowest BCUT2D eigenvalue weighted by Crippen LogP contribution is -2.00. The molecule has 0 saturated carbocycles. The highest BCUT2D eigenvalue weighted by atomic mass is 79.9.